The second-order valence-electron chi connectivity index (χ2n) is 3.92. The van der Waals surface area contributed by atoms with Crippen LogP contribution in [0.2, 0.25) is 0 Å². The van der Waals surface area contributed by atoms with Crippen LogP contribution in [0.3, 0.4) is 0 Å². The zero-order valence-corrected chi connectivity index (χ0v) is 8.99. The van der Waals surface area contributed by atoms with Crippen molar-refractivity contribution in [1.82, 2.24) is 0 Å². The molecule has 1 nitrogen and oxygen atoms in total. The van der Waals surface area contributed by atoms with Crippen LogP contribution in [0.25, 0.3) is 0 Å². The van der Waals surface area contributed by atoms with E-state index in [0.717, 1.165) is 12.8 Å². The van der Waals surface area contributed by atoms with Gasteiger partial charge in [0, 0.05) is 4.75 Å². The maximum Gasteiger partial charge on any atom is 0.0684 e. The topological polar surface area (TPSA) is 20.2 Å². The summed E-state index contributed by atoms with van der Waals surface area (Å²) in [4.78, 5) is 0. The lowest BCUT2D eigenvalue weighted by molar-refractivity contribution is 0.121. The fourth-order valence-corrected chi connectivity index (χ4v) is 3.12. The van der Waals surface area contributed by atoms with Crippen LogP contribution < -0.4 is 0 Å². The molecule has 1 aliphatic heterocycles. The molecule has 0 aromatic carbocycles. The molecule has 1 fully saturated rings. The van der Waals surface area contributed by atoms with E-state index < -0.39 is 0 Å². The van der Waals surface area contributed by atoms with Crippen LogP contribution in [0.4, 0.5) is 0 Å². The van der Waals surface area contributed by atoms with Gasteiger partial charge in [-0.3, -0.25) is 0 Å². The van der Waals surface area contributed by atoms with Crippen LogP contribution in [-0.2, 0) is 0 Å². The highest BCUT2D eigenvalue weighted by Gasteiger charge is 2.36. The van der Waals surface area contributed by atoms with E-state index in [-0.39, 0.29) is 10.9 Å². The molecule has 0 aromatic heterocycles. The lowest BCUT2D eigenvalue weighted by atomic mass is 9.95. The molecule has 1 N–H and O–H groups in total. The largest absolute Gasteiger partial charge is 0.392 e. The first-order valence-electron chi connectivity index (χ1n) is 5.01. The molecule has 0 amide bonds. The van der Waals surface area contributed by atoms with Gasteiger partial charge in [-0.1, -0.05) is 19.8 Å². The predicted molar refractivity (Wildman–Crippen MR) is 55.6 cm³/mol. The molecule has 1 heterocycles. The van der Waals surface area contributed by atoms with Gasteiger partial charge in [0.1, 0.15) is 0 Å². The summed E-state index contributed by atoms with van der Waals surface area (Å²) >= 11 is 1.95. The lowest BCUT2D eigenvalue weighted by Gasteiger charge is -2.28. The lowest BCUT2D eigenvalue weighted by Crippen LogP contribution is -2.33. The monoisotopic (exact) mass is 188 g/mol. The van der Waals surface area contributed by atoms with Gasteiger partial charge in [0.25, 0.3) is 0 Å². The van der Waals surface area contributed by atoms with Gasteiger partial charge in [0.2, 0.25) is 0 Å². The zero-order valence-electron chi connectivity index (χ0n) is 8.18. The van der Waals surface area contributed by atoms with Crippen LogP contribution in [0.5, 0.6) is 0 Å². The molecule has 2 heteroatoms. The third kappa shape index (κ3) is 2.40. The van der Waals surface area contributed by atoms with Crippen molar-refractivity contribution in [3.63, 3.8) is 0 Å². The Kier molecular flexibility index (Phi) is 3.91. The Hall–Kier alpha value is 0.310. The van der Waals surface area contributed by atoms with Crippen molar-refractivity contribution in [2.45, 2.75) is 56.8 Å². The molecule has 12 heavy (non-hydrogen) atoms. The van der Waals surface area contributed by atoms with Gasteiger partial charge in [-0.2, -0.15) is 11.8 Å². The first-order chi connectivity index (χ1) is 5.69. The van der Waals surface area contributed by atoms with Crippen LogP contribution in [-0.4, -0.2) is 21.7 Å². The number of hydrogen-bond acceptors (Lipinski definition) is 2. The molecule has 0 spiro atoms. The minimum atomic E-state index is -0.0788. The van der Waals surface area contributed by atoms with Crippen molar-refractivity contribution in [1.29, 1.82) is 0 Å². The Morgan fingerprint density at radius 1 is 1.58 bits per heavy atom. The SMILES string of the molecule is CCCCC(O)C1(C)CCCS1. The molecule has 2 unspecified atom stereocenters. The Morgan fingerprint density at radius 3 is 2.83 bits per heavy atom. The first kappa shape index (κ1) is 10.4. The smallest absolute Gasteiger partial charge is 0.0684 e. The molecule has 0 aromatic rings. The maximum atomic E-state index is 9.92. The molecule has 0 radical (unpaired) electrons. The molecule has 1 aliphatic rings. The van der Waals surface area contributed by atoms with Gasteiger partial charge in [-0.15, -0.1) is 0 Å². The van der Waals surface area contributed by atoms with Gasteiger partial charge >= 0.3 is 0 Å². The summed E-state index contributed by atoms with van der Waals surface area (Å²) in [6.07, 6.45) is 5.74. The number of thioether (sulfide) groups is 1. The Morgan fingerprint density at radius 2 is 2.33 bits per heavy atom. The molecular formula is C10H20OS. The van der Waals surface area contributed by atoms with Gasteiger partial charge in [-0.05, 0) is 31.9 Å². The minimum Gasteiger partial charge on any atom is -0.392 e. The molecule has 0 saturated carbocycles. The van der Waals surface area contributed by atoms with E-state index in [2.05, 4.69) is 13.8 Å². The van der Waals surface area contributed by atoms with E-state index in [4.69, 9.17) is 0 Å². The molecule has 0 bridgehead atoms. The Labute approximate surface area is 79.9 Å². The highest BCUT2D eigenvalue weighted by molar-refractivity contribution is 8.00. The van der Waals surface area contributed by atoms with E-state index in [1.807, 2.05) is 11.8 Å². The average Bonchev–Trinajstić information content (AvgIpc) is 2.49. The molecule has 0 aliphatic carbocycles. The van der Waals surface area contributed by atoms with Crippen LogP contribution in [0, 0.1) is 0 Å². The van der Waals surface area contributed by atoms with Crippen molar-refractivity contribution in [2.75, 3.05) is 5.75 Å². The number of rotatable bonds is 4. The zero-order chi connectivity index (χ0) is 9.03. The fourth-order valence-electron chi connectivity index (χ4n) is 1.77. The van der Waals surface area contributed by atoms with Crippen molar-refractivity contribution in [2.24, 2.45) is 0 Å². The molecule has 2 atom stereocenters. The van der Waals surface area contributed by atoms with Crippen LogP contribution in [0.1, 0.15) is 46.0 Å². The van der Waals surface area contributed by atoms with Crippen molar-refractivity contribution >= 4 is 11.8 Å². The third-order valence-corrected chi connectivity index (χ3v) is 4.41. The third-order valence-electron chi connectivity index (χ3n) is 2.79. The summed E-state index contributed by atoms with van der Waals surface area (Å²) in [7, 11) is 0. The number of aliphatic hydroxyl groups excluding tert-OH is 1. The number of hydrogen-bond donors (Lipinski definition) is 1. The highest BCUT2D eigenvalue weighted by Crippen LogP contribution is 2.41. The predicted octanol–water partition coefficient (Wildman–Crippen LogP) is 2.82. The van der Waals surface area contributed by atoms with E-state index in [9.17, 15) is 5.11 Å². The van der Waals surface area contributed by atoms with E-state index in [1.165, 1.54) is 25.0 Å². The van der Waals surface area contributed by atoms with Crippen molar-refractivity contribution in [3.05, 3.63) is 0 Å². The quantitative estimate of drug-likeness (QED) is 0.732. The summed E-state index contributed by atoms with van der Waals surface area (Å²) in [6, 6.07) is 0. The number of unbranched alkanes of at least 4 members (excludes halogenated alkanes) is 1. The average molecular weight is 188 g/mol. The van der Waals surface area contributed by atoms with Crippen molar-refractivity contribution < 1.29 is 5.11 Å². The van der Waals surface area contributed by atoms with E-state index in [1.54, 1.807) is 0 Å². The second-order valence-corrected chi connectivity index (χ2v) is 5.55. The van der Waals surface area contributed by atoms with Gasteiger partial charge in [0.15, 0.2) is 0 Å². The van der Waals surface area contributed by atoms with Gasteiger partial charge < -0.3 is 5.11 Å². The summed E-state index contributed by atoms with van der Waals surface area (Å²) < 4.78 is 0.176. The standard InChI is InChI=1S/C10H20OS/c1-3-4-6-9(11)10(2)7-5-8-12-10/h9,11H,3-8H2,1-2H3. The second kappa shape index (κ2) is 4.52. The van der Waals surface area contributed by atoms with Crippen LogP contribution >= 0.6 is 11.8 Å². The van der Waals surface area contributed by atoms with Gasteiger partial charge in [0.05, 0.1) is 6.10 Å². The molecule has 72 valence electrons. The Bertz CT molecular complexity index is 130. The summed E-state index contributed by atoms with van der Waals surface area (Å²) in [5.41, 5.74) is 0. The number of aliphatic hydroxyl groups is 1. The van der Waals surface area contributed by atoms with Gasteiger partial charge in [-0.25, -0.2) is 0 Å². The summed E-state index contributed by atoms with van der Waals surface area (Å²) in [5.74, 6) is 1.24. The fraction of sp³-hybridized carbons (Fsp3) is 1.00. The molecule has 1 rings (SSSR count). The summed E-state index contributed by atoms with van der Waals surface area (Å²) in [5, 5.41) is 9.92. The molecular weight excluding hydrogens is 168 g/mol. The molecule has 1 saturated heterocycles. The normalized spacial score (nSPS) is 32.2. The van der Waals surface area contributed by atoms with E-state index in [0.29, 0.717) is 0 Å². The first-order valence-corrected chi connectivity index (χ1v) is 5.99. The van der Waals surface area contributed by atoms with Crippen LogP contribution in [0.15, 0.2) is 0 Å². The highest BCUT2D eigenvalue weighted by atomic mass is 32.2. The Balaban J connectivity index is 2.33. The maximum absolute atomic E-state index is 9.92. The van der Waals surface area contributed by atoms with E-state index >= 15 is 0 Å². The summed E-state index contributed by atoms with van der Waals surface area (Å²) in [6.45, 7) is 4.39. The van der Waals surface area contributed by atoms with Crippen molar-refractivity contribution in [3.8, 4) is 0 Å². The minimum absolute atomic E-state index is 0.0788.